The predicted octanol–water partition coefficient (Wildman–Crippen LogP) is 2.26. The fraction of sp³-hybridized carbons (Fsp3) is 0.118. The number of hydrogen-bond acceptors (Lipinski definition) is 3. The Morgan fingerprint density at radius 2 is 1.73 bits per heavy atom. The number of amides is 1. The van der Waals surface area contributed by atoms with Crippen LogP contribution >= 0.6 is 0 Å². The number of benzene rings is 1. The van der Waals surface area contributed by atoms with E-state index in [0.29, 0.717) is 12.1 Å². The molecule has 0 fully saturated rings. The van der Waals surface area contributed by atoms with E-state index in [2.05, 4.69) is 27.5 Å². The number of aromatic nitrogens is 3. The highest BCUT2D eigenvalue weighted by Gasteiger charge is 2.04. The van der Waals surface area contributed by atoms with Gasteiger partial charge in [0.2, 0.25) is 0 Å². The summed E-state index contributed by atoms with van der Waals surface area (Å²) in [6, 6.07) is 13.4. The van der Waals surface area contributed by atoms with Crippen molar-refractivity contribution in [2.45, 2.75) is 13.1 Å². The van der Waals surface area contributed by atoms with Crippen molar-refractivity contribution < 1.29 is 4.79 Å². The summed E-state index contributed by atoms with van der Waals surface area (Å²) in [5, 5.41) is 7.08. The molecule has 0 spiro atoms. The van der Waals surface area contributed by atoms with Gasteiger partial charge in [0, 0.05) is 36.9 Å². The molecule has 22 heavy (non-hydrogen) atoms. The number of rotatable bonds is 5. The van der Waals surface area contributed by atoms with E-state index in [9.17, 15) is 4.79 Å². The van der Waals surface area contributed by atoms with Crippen molar-refractivity contribution in [3.05, 3.63) is 83.9 Å². The smallest absolute Gasteiger partial charge is 0.251 e. The van der Waals surface area contributed by atoms with Crippen LogP contribution in [0.1, 0.15) is 21.5 Å². The van der Waals surface area contributed by atoms with E-state index >= 15 is 0 Å². The highest BCUT2D eigenvalue weighted by atomic mass is 16.1. The number of carbonyl (C=O) groups excluding carboxylic acids is 1. The SMILES string of the molecule is O=C(NCc1ccc(Cn2cccn2)cc1)c1ccncc1. The maximum absolute atomic E-state index is 11.9. The summed E-state index contributed by atoms with van der Waals surface area (Å²) in [5.74, 6) is -0.0944. The zero-order chi connectivity index (χ0) is 15.2. The molecule has 2 aromatic heterocycles. The molecule has 3 rings (SSSR count). The zero-order valence-corrected chi connectivity index (χ0v) is 12.0. The van der Waals surface area contributed by atoms with Crippen molar-refractivity contribution in [1.29, 1.82) is 0 Å². The van der Waals surface area contributed by atoms with Crippen LogP contribution < -0.4 is 5.32 Å². The van der Waals surface area contributed by atoms with Crippen molar-refractivity contribution in [2.75, 3.05) is 0 Å². The molecule has 2 heterocycles. The van der Waals surface area contributed by atoms with Crippen molar-refractivity contribution in [2.24, 2.45) is 0 Å². The van der Waals surface area contributed by atoms with Crippen LogP contribution in [0.2, 0.25) is 0 Å². The molecule has 5 nitrogen and oxygen atoms in total. The Labute approximate surface area is 128 Å². The molecule has 0 bridgehead atoms. The molecule has 0 aliphatic carbocycles. The summed E-state index contributed by atoms with van der Waals surface area (Å²) < 4.78 is 1.88. The second kappa shape index (κ2) is 6.67. The average molecular weight is 292 g/mol. The lowest BCUT2D eigenvalue weighted by atomic mass is 10.1. The van der Waals surface area contributed by atoms with E-state index in [-0.39, 0.29) is 5.91 Å². The first-order valence-corrected chi connectivity index (χ1v) is 7.05. The van der Waals surface area contributed by atoms with Gasteiger partial charge in [0.05, 0.1) is 6.54 Å². The summed E-state index contributed by atoms with van der Waals surface area (Å²) in [6.45, 7) is 1.25. The Morgan fingerprint density at radius 1 is 1.00 bits per heavy atom. The van der Waals surface area contributed by atoms with Gasteiger partial charge < -0.3 is 5.32 Å². The molecule has 0 saturated carbocycles. The van der Waals surface area contributed by atoms with Gasteiger partial charge in [-0.1, -0.05) is 24.3 Å². The summed E-state index contributed by atoms with van der Waals surface area (Å²) >= 11 is 0. The Morgan fingerprint density at radius 3 is 2.41 bits per heavy atom. The first-order chi connectivity index (χ1) is 10.8. The number of nitrogens with zero attached hydrogens (tertiary/aromatic N) is 3. The van der Waals surface area contributed by atoms with E-state index < -0.39 is 0 Å². The van der Waals surface area contributed by atoms with Crippen LogP contribution in [-0.2, 0) is 13.1 Å². The first-order valence-electron chi connectivity index (χ1n) is 7.05. The maximum atomic E-state index is 11.9. The molecule has 110 valence electrons. The van der Waals surface area contributed by atoms with Crippen LogP contribution in [0.15, 0.2) is 67.3 Å². The first kappa shape index (κ1) is 14.0. The lowest BCUT2D eigenvalue weighted by Crippen LogP contribution is -2.22. The molecule has 3 aromatic rings. The molecule has 0 atom stereocenters. The molecule has 0 unspecified atom stereocenters. The summed E-state index contributed by atoms with van der Waals surface area (Å²) in [4.78, 5) is 15.8. The van der Waals surface area contributed by atoms with Gasteiger partial charge in [-0.15, -0.1) is 0 Å². The quantitative estimate of drug-likeness (QED) is 0.784. The molecular weight excluding hydrogens is 276 g/mol. The Hall–Kier alpha value is -2.95. The molecule has 0 saturated heterocycles. The van der Waals surface area contributed by atoms with Gasteiger partial charge in [-0.25, -0.2) is 0 Å². The van der Waals surface area contributed by atoms with Gasteiger partial charge >= 0.3 is 0 Å². The number of nitrogens with one attached hydrogen (secondary N) is 1. The molecule has 0 radical (unpaired) electrons. The topological polar surface area (TPSA) is 59.8 Å². The highest BCUT2D eigenvalue weighted by Crippen LogP contribution is 2.06. The molecule has 0 aliphatic heterocycles. The van der Waals surface area contributed by atoms with Crippen molar-refractivity contribution in [3.8, 4) is 0 Å². The van der Waals surface area contributed by atoms with Crippen LogP contribution in [-0.4, -0.2) is 20.7 Å². The van der Waals surface area contributed by atoms with Gasteiger partial charge in [-0.2, -0.15) is 5.10 Å². The third kappa shape index (κ3) is 3.58. The number of pyridine rings is 1. The molecule has 5 heteroatoms. The van der Waals surface area contributed by atoms with Crippen molar-refractivity contribution >= 4 is 5.91 Å². The average Bonchev–Trinajstić information content (AvgIpc) is 3.08. The van der Waals surface area contributed by atoms with Crippen molar-refractivity contribution in [1.82, 2.24) is 20.1 Å². The Bertz CT molecular complexity index is 721. The van der Waals surface area contributed by atoms with Gasteiger partial charge in [-0.05, 0) is 29.3 Å². The van der Waals surface area contributed by atoms with Crippen LogP contribution in [0.3, 0.4) is 0 Å². The van der Waals surface area contributed by atoms with E-state index in [1.165, 1.54) is 5.56 Å². The van der Waals surface area contributed by atoms with Gasteiger partial charge in [0.25, 0.3) is 5.91 Å². The third-order valence-electron chi connectivity index (χ3n) is 3.32. The second-order valence-electron chi connectivity index (χ2n) is 4.94. The van der Waals surface area contributed by atoms with E-state index in [4.69, 9.17) is 0 Å². The van der Waals surface area contributed by atoms with Crippen LogP contribution in [0.4, 0.5) is 0 Å². The lowest BCUT2D eigenvalue weighted by Gasteiger charge is -2.07. The van der Waals surface area contributed by atoms with Crippen LogP contribution in [0, 0.1) is 0 Å². The van der Waals surface area contributed by atoms with Gasteiger partial charge in [0.1, 0.15) is 0 Å². The van der Waals surface area contributed by atoms with Gasteiger partial charge in [-0.3, -0.25) is 14.5 Å². The predicted molar refractivity (Wildman–Crippen MR) is 83.2 cm³/mol. The largest absolute Gasteiger partial charge is 0.348 e. The molecule has 1 N–H and O–H groups in total. The molecule has 1 aromatic carbocycles. The van der Waals surface area contributed by atoms with Crippen LogP contribution in [0.25, 0.3) is 0 Å². The third-order valence-corrected chi connectivity index (χ3v) is 3.32. The Kier molecular flexibility index (Phi) is 4.25. The monoisotopic (exact) mass is 292 g/mol. The highest BCUT2D eigenvalue weighted by molar-refractivity contribution is 5.93. The molecule has 1 amide bonds. The summed E-state index contributed by atoms with van der Waals surface area (Å²) in [6.07, 6.45) is 6.92. The minimum atomic E-state index is -0.0944. The number of carbonyl (C=O) groups is 1. The molecule has 0 aliphatic rings. The fourth-order valence-electron chi connectivity index (χ4n) is 2.13. The van der Waals surface area contributed by atoms with Crippen LogP contribution in [0.5, 0.6) is 0 Å². The maximum Gasteiger partial charge on any atom is 0.251 e. The van der Waals surface area contributed by atoms with E-state index in [0.717, 1.165) is 12.1 Å². The fourth-order valence-corrected chi connectivity index (χ4v) is 2.13. The minimum Gasteiger partial charge on any atom is -0.348 e. The normalized spacial score (nSPS) is 10.4. The van der Waals surface area contributed by atoms with E-state index in [1.54, 1.807) is 30.7 Å². The standard InChI is InChI=1S/C17H16N4O/c22-17(16-6-9-18-10-7-16)19-12-14-2-4-15(5-3-14)13-21-11-1-8-20-21/h1-11H,12-13H2,(H,19,22). The number of hydrogen-bond donors (Lipinski definition) is 1. The zero-order valence-electron chi connectivity index (χ0n) is 12.0. The summed E-state index contributed by atoms with van der Waals surface area (Å²) in [7, 11) is 0. The minimum absolute atomic E-state index is 0.0944. The van der Waals surface area contributed by atoms with Gasteiger partial charge in [0.15, 0.2) is 0 Å². The van der Waals surface area contributed by atoms with Crippen molar-refractivity contribution in [3.63, 3.8) is 0 Å². The second-order valence-corrected chi connectivity index (χ2v) is 4.94. The summed E-state index contributed by atoms with van der Waals surface area (Å²) in [5.41, 5.74) is 2.85. The Balaban J connectivity index is 1.56. The lowest BCUT2D eigenvalue weighted by molar-refractivity contribution is 0.0951. The molecular formula is C17H16N4O. The van der Waals surface area contributed by atoms with E-state index in [1.807, 2.05) is 29.1 Å².